The number of benzene rings is 1. The molecule has 98 valence electrons. The third-order valence-corrected chi connectivity index (χ3v) is 1.38. The van der Waals surface area contributed by atoms with Crippen molar-refractivity contribution in [2.75, 3.05) is 11.5 Å². The van der Waals surface area contributed by atoms with E-state index in [1.54, 1.807) is 0 Å². The van der Waals surface area contributed by atoms with Gasteiger partial charge in [-0.25, -0.2) is 0 Å². The van der Waals surface area contributed by atoms with E-state index in [1.807, 2.05) is 0 Å². The number of alkyl halides is 3. The highest BCUT2D eigenvalue weighted by Gasteiger charge is 2.32. The molecule has 1 aromatic rings. The second-order valence-corrected chi connectivity index (χ2v) is 3.69. The summed E-state index contributed by atoms with van der Waals surface area (Å²) in [7, 11) is -4.67. The van der Waals surface area contributed by atoms with Crippen LogP contribution in [0.15, 0.2) is 18.2 Å². The lowest BCUT2D eigenvalue weighted by molar-refractivity contribution is -0.136. The molecule has 0 heterocycles. The third kappa shape index (κ3) is 7.38. The Kier molecular flexibility index (Phi) is 4.74. The standard InChI is InChI=1S/C7H7F3N2.H2O4S/c8-7(9,10)5-3-4(11)1-2-6(5)12;1-5(2,3)4/h1-3H,11-12H2;(H2,1,2,3,4). The van der Waals surface area contributed by atoms with E-state index < -0.39 is 22.1 Å². The van der Waals surface area contributed by atoms with Crippen molar-refractivity contribution in [1.82, 2.24) is 0 Å². The lowest BCUT2D eigenvalue weighted by Gasteiger charge is -2.09. The summed E-state index contributed by atoms with van der Waals surface area (Å²) < 4.78 is 67.9. The molecule has 0 spiro atoms. The summed E-state index contributed by atoms with van der Waals surface area (Å²) in [5.41, 5.74) is 9.13. The van der Waals surface area contributed by atoms with E-state index in [0.717, 1.165) is 12.1 Å². The Morgan fingerprint density at radius 1 is 1.12 bits per heavy atom. The molecule has 10 heteroatoms. The number of halogens is 3. The molecule has 0 aromatic heterocycles. The number of nitrogens with two attached hydrogens (primary N) is 2. The number of anilines is 2. The van der Waals surface area contributed by atoms with Gasteiger partial charge in [0.1, 0.15) is 0 Å². The zero-order valence-corrected chi connectivity index (χ0v) is 8.96. The van der Waals surface area contributed by atoms with Gasteiger partial charge in [-0.05, 0) is 18.2 Å². The average molecular weight is 274 g/mol. The van der Waals surface area contributed by atoms with Gasteiger partial charge in [-0.3, -0.25) is 9.11 Å². The molecular formula is C7H9F3N2O4S. The van der Waals surface area contributed by atoms with Crippen molar-refractivity contribution in [2.24, 2.45) is 0 Å². The van der Waals surface area contributed by atoms with Crippen molar-refractivity contribution in [3.63, 3.8) is 0 Å². The molecule has 0 saturated heterocycles. The normalized spacial score (nSPS) is 11.6. The Morgan fingerprint density at radius 2 is 1.53 bits per heavy atom. The van der Waals surface area contributed by atoms with Gasteiger partial charge in [-0.15, -0.1) is 0 Å². The van der Waals surface area contributed by atoms with E-state index >= 15 is 0 Å². The molecule has 0 bridgehead atoms. The highest BCUT2D eigenvalue weighted by molar-refractivity contribution is 7.79. The number of nitrogen functional groups attached to an aromatic ring is 2. The van der Waals surface area contributed by atoms with Crippen molar-refractivity contribution in [1.29, 1.82) is 0 Å². The van der Waals surface area contributed by atoms with Crippen LogP contribution in [0.5, 0.6) is 0 Å². The molecule has 1 aromatic carbocycles. The molecule has 6 N–H and O–H groups in total. The van der Waals surface area contributed by atoms with Gasteiger partial charge in [0, 0.05) is 11.4 Å². The lowest BCUT2D eigenvalue weighted by atomic mass is 10.1. The number of hydrogen-bond donors (Lipinski definition) is 4. The van der Waals surface area contributed by atoms with Crippen molar-refractivity contribution in [3.05, 3.63) is 23.8 Å². The zero-order chi connectivity index (χ0) is 13.9. The van der Waals surface area contributed by atoms with Gasteiger partial charge in [-0.2, -0.15) is 21.6 Å². The van der Waals surface area contributed by atoms with Crippen LogP contribution in [0.3, 0.4) is 0 Å². The monoisotopic (exact) mass is 274 g/mol. The summed E-state index contributed by atoms with van der Waals surface area (Å²) >= 11 is 0. The van der Waals surface area contributed by atoms with Crippen LogP contribution in [0.4, 0.5) is 24.5 Å². The summed E-state index contributed by atoms with van der Waals surface area (Å²) in [6.45, 7) is 0. The first-order valence-corrected chi connectivity index (χ1v) is 5.23. The van der Waals surface area contributed by atoms with Crippen LogP contribution in [0.25, 0.3) is 0 Å². The summed E-state index contributed by atoms with van der Waals surface area (Å²) in [4.78, 5) is 0. The van der Waals surface area contributed by atoms with Crippen LogP contribution < -0.4 is 11.5 Å². The first kappa shape index (κ1) is 15.5. The largest absolute Gasteiger partial charge is 0.418 e. The molecule has 0 aliphatic carbocycles. The van der Waals surface area contributed by atoms with Crippen LogP contribution in [0.2, 0.25) is 0 Å². The lowest BCUT2D eigenvalue weighted by Crippen LogP contribution is -2.09. The molecule has 0 atom stereocenters. The minimum Gasteiger partial charge on any atom is -0.399 e. The van der Waals surface area contributed by atoms with E-state index in [1.165, 1.54) is 6.07 Å². The molecule has 6 nitrogen and oxygen atoms in total. The van der Waals surface area contributed by atoms with Gasteiger partial charge in [0.15, 0.2) is 0 Å². The summed E-state index contributed by atoms with van der Waals surface area (Å²) in [6, 6.07) is 3.28. The maximum Gasteiger partial charge on any atom is 0.418 e. The fraction of sp³-hybridized carbons (Fsp3) is 0.143. The fourth-order valence-corrected chi connectivity index (χ4v) is 0.819. The molecule has 0 saturated carbocycles. The minimum atomic E-state index is -4.67. The summed E-state index contributed by atoms with van der Waals surface area (Å²) in [5, 5.41) is 0. The van der Waals surface area contributed by atoms with Crippen LogP contribution in [0.1, 0.15) is 5.56 Å². The van der Waals surface area contributed by atoms with E-state index in [4.69, 9.17) is 29.0 Å². The summed E-state index contributed by atoms with van der Waals surface area (Å²) in [6.07, 6.45) is -4.43. The third-order valence-electron chi connectivity index (χ3n) is 1.38. The van der Waals surface area contributed by atoms with Gasteiger partial charge in [0.05, 0.1) is 5.56 Å². The number of rotatable bonds is 0. The van der Waals surface area contributed by atoms with Gasteiger partial charge in [0.25, 0.3) is 0 Å². The second kappa shape index (κ2) is 5.21. The predicted octanol–water partition coefficient (Wildman–Crippen LogP) is 1.22. The molecule has 0 radical (unpaired) electrons. The Bertz CT molecular complexity index is 478. The van der Waals surface area contributed by atoms with Crippen molar-refractivity contribution >= 4 is 21.8 Å². The smallest absolute Gasteiger partial charge is 0.399 e. The average Bonchev–Trinajstić information content (AvgIpc) is 2.04. The maximum atomic E-state index is 12.1. The van der Waals surface area contributed by atoms with Crippen LogP contribution in [-0.2, 0) is 16.6 Å². The minimum absolute atomic E-state index is 0.0523. The van der Waals surface area contributed by atoms with Crippen molar-refractivity contribution < 1.29 is 30.7 Å². The predicted molar refractivity (Wildman–Crippen MR) is 54.4 cm³/mol. The molecule has 0 aliphatic rings. The molecular weight excluding hydrogens is 265 g/mol. The second-order valence-electron chi connectivity index (χ2n) is 2.79. The summed E-state index contributed by atoms with van der Waals surface area (Å²) in [5.74, 6) is 0. The SMILES string of the molecule is Nc1ccc(N)c(C(F)(F)F)c1.O=S(=O)(O)O. The van der Waals surface area contributed by atoms with E-state index in [9.17, 15) is 13.2 Å². The molecule has 1 rings (SSSR count). The highest BCUT2D eigenvalue weighted by atomic mass is 32.3. The maximum absolute atomic E-state index is 12.1. The molecule has 0 amide bonds. The van der Waals surface area contributed by atoms with Crippen molar-refractivity contribution in [3.8, 4) is 0 Å². The van der Waals surface area contributed by atoms with E-state index in [0.29, 0.717) is 0 Å². The van der Waals surface area contributed by atoms with Crippen LogP contribution >= 0.6 is 0 Å². The van der Waals surface area contributed by atoms with Crippen molar-refractivity contribution in [2.45, 2.75) is 6.18 Å². The fourth-order valence-electron chi connectivity index (χ4n) is 0.819. The van der Waals surface area contributed by atoms with Gasteiger partial charge < -0.3 is 11.5 Å². The Hall–Kier alpha value is -1.52. The Morgan fingerprint density at radius 3 is 1.82 bits per heavy atom. The van der Waals surface area contributed by atoms with Gasteiger partial charge in [0.2, 0.25) is 0 Å². The van der Waals surface area contributed by atoms with Crippen LogP contribution in [-0.4, -0.2) is 17.5 Å². The van der Waals surface area contributed by atoms with Crippen LogP contribution in [0, 0.1) is 0 Å². The van der Waals surface area contributed by atoms with Gasteiger partial charge >= 0.3 is 16.6 Å². The Labute approximate surface area is 94.6 Å². The Balaban J connectivity index is 0.000000437. The first-order valence-electron chi connectivity index (χ1n) is 3.83. The first-order chi connectivity index (χ1) is 7.41. The topological polar surface area (TPSA) is 127 Å². The molecule has 0 aliphatic heterocycles. The van der Waals surface area contributed by atoms with E-state index in [-0.39, 0.29) is 11.4 Å². The van der Waals surface area contributed by atoms with Gasteiger partial charge in [-0.1, -0.05) is 0 Å². The quantitative estimate of drug-likeness (QED) is 0.416. The molecule has 0 unspecified atom stereocenters. The molecule has 17 heavy (non-hydrogen) atoms. The zero-order valence-electron chi connectivity index (χ0n) is 8.14. The number of hydrogen-bond acceptors (Lipinski definition) is 4. The highest BCUT2D eigenvalue weighted by Crippen LogP contribution is 2.34. The molecule has 0 fully saturated rings. The van der Waals surface area contributed by atoms with E-state index in [2.05, 4.69) is 0 Å².